The van der Waals surface area contributed by atoms with E-state index in [1.807, 2.05) is 0 Å². The van der Waals surface area contributed by atoms with Crippen molar-refractivity contribution < 1.29 is 22.5 Å². The van der Waals surface area contributed by atoms with Crippen LogP contribution in [-0.4, -0.2) is 22.5 Å². The molecule has 0 unspecified atom stereocenters. The summed E-state index contributed by atoms with van der Waals surface area (Å²) in [5, 5.41) is 3.23. The van der Waals surface area contributed by atoms with Crippen molar-refractivity contribution in [2.24, 2.45) is 5.73 Å². The number of ketones is 1. The van der Waals surface area contributed by atoms with Crippen LogP contribution in [0.15, 0.2) is 28.8 Å². The van der Waals surface area contributed by atoms with E-state index in [9.17, 15) is 18.0 Å². The molecule has 19 heavy (non-hydrogen) atoms. The lowest BCUT2D eigenvalue weighted by molar-refractivity contribution is -0.159. The van der Waals surface area contributed by atoms with Gasteiger partial charge in [-0.05, 0) is 0 Å². The largest absolute Gasteiger partial charge is 0.471 e. The Kier molecular flexibility index (Phi) is 3.34. The van der Waals surface area contributed by atoms with Gasteiger partial charge in [0.2, 0.25) is 5.82 Å². The molecule has 2 aromatic rings. The highest BCUT2D eigenvalue weighted by Crippen LogP contribution is 2.29. The monoisotopic (exact) mass is 271 g/mol. The van der Waals surface area contributed by atoms with Gasteiger partial charge in [0.25, 0.3) is 0 Å². The summed E-state index contributed by atoms with van der Waals surface area (Å²) in [6.07, 6.45) is -4.68. The maximum absolute atomic E-state index is 12.3. The number of aromatic nitrogens is 2. The summed E-state index contributed by atoms with van der Waals surface area (Å²) in [5.74, 6) is -1.88. The second-order valence-electron chi connectivity index (χ2n) is 3.63. The van der Waals surface area contributed by atoms with Gasteiger partial charge in [0.15, 0.2) is 5.78 Å². The van der Waals surface area contributed by atoms with Crippen LogP contribution in [0.4, 0.5) is 13.2 Å². The molecule has 0 aliphatic carbocycles. The Morgan fingerprint density at radius 2 is 1.89 bits per heavy atom. The van der Waals surface area contributed by atoms with Gasteiger partial charge in [0.05, 0.1) is 6.54 Å². The van der Waals surface area contributed by atoms with Crippen LogP contribution < -0.4 is 5.73 Å². The number of alkyl halides is 3. The zero-order valence-electron chi connectivity index (χ0n) is 9.44. The molecule has 1 aromatic carbocycles. The lowest BCUT2D eigenvalue weighted by atomic mass is 10.1. The minimum absolute atomic E-state index is 0.139. The van der Waals surface area contributed by atoms with Gasteiger partial charge >= 0.3 is 12.1 Å². The van der Waals surface area contributed by atoms with Crippen LogP contribution in [0, 0.1) is 0 Å². The van der Waals surface area contributed by atoms with Gasteiger partial charge in [-0.15, -0.1) is 0 Å². The molecule has 1 aromatic heterocycles. The third kappa shape index (κ3) is 2.79. The predicted octanol–water partition coefficient (Wildman–Crippen LogP) is 1.90. The zero-order chi connectivity index (χ0) is 14.0. The third-order valence-electron chi connectivity index (χ3n) is 2.32. The van der Waals surface area contributed by atoms with E-state index in [0.717, 1.165) is 0 Å². The molecular formula is C11H8F3N3O2. The summed E-state index contributed by atoms with van der Waals surface area (Å²) >= 11 is 0. The molecule has 0 saturated carbocycles. The number of Topliss-reactive ketones (excluding diaryl/α,β-unsaturated/α-hetero) is 1. The average Bonchev–Trinajstić information content (AvgIpc) is 2.87. The summed E-state index contributed by atoms with van der Waals surface area (Å²) in [5.41, 5.74) is 5.87. The second kappa shape index (κ2) is 4.81. The van der Waals surface area contributed by atoms with Crippen LogP contribution in [-0.2, 0) is 6.18 Å². The number of rotatable bonds is 3. The standard InChI is InChI=1S/C11H8F3N3O2/c12-11(13,14)10-16-9(17-19-10)7-3-1-6(2-4-7)8(18)5-15/h1-4H,5,15H2. The molecular weight excluding hydrogens is 263 g/mol. The molecule has 2 rings (SSSR count). The minimum atomic E-state index is -4.68. The van der Waals surface area contributed by atoms with Gasteiger partial charge in [-0.3, -0.25) is 4.79 Å². The zero-order valence-corrected chi connectivity index (χ0v) is 9.44. The van der Waals surface area contributed by atoms with E-state index in [4.69, 9.17) is 5.73 Å². The topological polar surface area (TPSA) is 82.0 Å². The number of hydrogen-bond acceptors (Lipinski definition) is 5. The van der Waals surface area contributed by atoms with Crippen molar-refractivity contribution >= 4 is 5.78 Å². The second-order valence-corrected chi connectivity index (χ2v) is 3.63. The van der Waals surface area contributed by atoms with Crippen LogP contribution in [0.25, 0.3) is 11.4 Å². The van der Waals surface area contributed by atoms with Gasteiger partial charge in [-0.25, -0.2) is 0 Å². The van der Waals surface area contributed by atoms with E-state index in [0.29, 0.717) is 11.1 Å². The molecule has 0 saturated heterocycles. The van der Waals surface area contributed by atoms with Crippen molar-refractivity contribution in [3.8, 4) is 11.4 Å². The highest BCUT2D eigenvalue weighted by atomic mass is 19.4. The molecule has 0 bridgehead atoms. The van der Waals surface area contributed by atoms with Crippen molar-refractivity contribution in [2.45, 2.75) is 6.18 Å². The number of benzene rings is 1. The Balaban J connectivity index is 2.28. The summed E-state index contributed by atoms with van der Waals surface area (Å²) in [6, 6.07) is 5.73. The highest BCUT2D eigenvalue weighted by molar-refractivity contribution is 5.97. The summed E-state index contributed by atoms with van der Waals surface area (Å²) in [6.45, 7) is -0.139. The average molecular weight is 271 g/mol. The fourth-order valence-electron chi connectivity index (χ4n) is 1.38. The molecule has 8 heteroatoms. The van der Waals surface area contributed by atoms with Gasteiger partial charge in [0.1, 0.15) is 0 Å². The van der Waals surface area contributed by atoms with Gasteiger partial charge in [0, 0.05) is 11.1 Å². The Morgan fingerprint density at radius 3 is 2.37 bits per heavy atom. The van der Waals surface area contributed by atoms with E-state index in [-0.39, 0.29) is 18.2 Å². The molecule has 0 radical (unpaired) electrons. The Hall–Kier alpha value is -2.22. The quantitative estimate of drug-likeness (QED) is 0.862. The Morgan fingerprint density at radius 1 is 1.26 bits per heavy atom. The fourth-order valence-corrected chi connectivity index (χ4v) is 1.38. The maximum Gasteiger partial charge on any atom is 0.471 e. The van der Waals surface area contributed by atoms with E-state index >= 15 is 0 Å². The summed E-state index contributed by atoms with van der Waals surface area (Å²) in [4.78, 5) is 14.5. The first-order valence-electron chi connectivity index (χ1n) is 5.16. The molecule has 1 heterocycles. The molecule has 0 aliphatic heterocycles. The van der Waals surface area contributed by atoms with E-state index < -0.39 is 12.1 Å². The molecule has 0 amide bonds. The molecule has 100 valence electrons. The maximum atomic E-state index is 12.3. The number of nitrogens with zero attached hydrogens (tertiary/aromatic N) is 2. The highest BCUT2D eigenvalue weighted by Gasteiger charge is 2.38. The van der Waals surface area contributed by atoms with Gasteiger partial charge in [-0.2, -0.15) is 18.2 Å². The van der Waals surface area contributed by atoms with E-state index in [1.165, 1.54) is 24.3 Å². The lowest BCUT2D eigenvalue weighted by Crippen LogP contribution is -2.13. The van der Waals surface area contributed by atoms with E-state index in [1.54, 1.807) is 0 Å². The van der Waals surface area contributed by atoms with Crippen molar-refractivity contribution in [3.05, 3.63) is 35.7 Å². The first-order valence-corrected chi connectivity index (χ1v) is 5.16. The van der Waals surface area contributed by atoms with Crippen molar-refractivity contribution in [2.75, 3.05) is 6.54 Å². The molecule has 2 N–H and O–H groups in total. The fraction of sp³-hybridized carbons (Fsp3) is 0.182. The number of nitrogens with two attached hydrogens (primary N) is 1. The van der Waals surface area contributed by atoms with Crippen LogP contribution in [0.5, 0.6) is 0 Å². The molecule has 0 atom stereocenters. The Labute approximate surface area is 105 Å². The third-order valence-corrected chi connectivity index (χ3v) is 2.32. The lowest BCUT2D eigenvalue weighted by Gasteiger charge is -1.99. The number of carbonyl (C=O) groups excluding carboxylic acids is 1. The predicted molar refractivity (Wildman–Crippen MR) is 58.1 cm³/mol. The van der Waals surface area contributed by atoms with Crippen LogP contribution in [0.3, 0.4) is 0 Å². The first-order chi connectivity index (χ1) is 8.91. The Bertz CT molecular complexity index is 590. The van der Waals surface area contributed by atoms with Gasteiger partial charge < -0.3 is 10.3 Å². The van der Waals surface area contributed by atoms with E-state index in [2.05, 4.69) is 14.7 Å². The van der Waals surface area contributed by atoms with Crippen LogP contribution in [0.1, 0.15) is 16.2 Å². The normalized spacial score (nSPS) is 11.6. The van der Waals surface area contributed by atoms with Crippen molar-refractivity contribution in [3.63, 3.8) is 0 Å². The van der Waals surface area contributed by atoms with Crippen molar-refractivity contribution in [1.82, 2.24) is 10.1 Å². The van der Waals surface area contributed by atoms with Crippen molar-refractivity contribution in [1.29, 1.82) is 0 Å². The smallest absolute Gasteiger partial charge is 0.329 e. The molecule has 0 spiro atoms. The minimum Gasteiger partial charge on any atom is -0.329 e. The van der Waals surface area contributed by atoms with Crippen LogP contribution in [0.2, 0.25) is 0 Å². The summed E-state index contributed by atoms with van der Waals surface area (Å²) < 4.78 is 40.9. The molecule has 0 aliphatic rings. The SMILES string of the molecule is NCC(=O)c1ccc(-c2noc(C(F)(F)F)n2)cc1. The van der Waals surface area contributed by atoms with Gasteiger partial charge in [-0.1, -0.05) is 29.4 Å². The molecule has 5 nitrogen and oxygen atoms in total. The molecule has 0 fully saturated rings. The first kappa shape index (κ1) is 13.2. The number of hydrogen-bond donors (Lipinski definition) is 1. The number of carbonyl (C=O) groups is 1. The summed E-state index contributed by atoms with van der Waals surface area (Å²) in [7, 11) is 0. The van der Waals surface area contributed by atoms with Crippen LogP contribution >= 0.6 is 0 Å². The number of halogens is 3.